The Hall–Kier alpha value is -2.29. The van der Waals surface area contributed by atoms with E-state index in [1.54, 1.807) is 7.11 Å². The standard InChI is InChI=1S/C17H19NO2/c1-3-16(13-7-5-4-6-8-13)17(19)18-14-9-11-15(20-2)12-10-14/h4-12,16H,3H2,1-2H3,(H,18,19)/t16-/m0/s1. The van der Waals surface area contributed by atoms with Gasteiger partial charge >= 0.3 is 0 Å². The highest BCUT2D eigenvalue weighted by Gasteiger charge is 2.18. The minimum atomic E-state index is -0.127. The number of nitrogens with one attached hydrogen (secondary N) is 1. The molecule has 1 N–H and O–H groups in total. The second-order valence-electron chi connectivity index (χ2n) is 4.59. The molecule has 0 aliphatic rings. The molecule has 0 radical (unpaired) electrons. The quantitative estimate of drug-likeness (QED) is 0.896. The van der Waals surface area contributed by atoms with Gasteiger partial charge in [0.25, 0.3) is 0 Å². The number of anilines is 1. The van der Waals surface area contributed by atoms with Gasteiger partial charge in [0.2, 0.25) is 5.91 Å². The molecule has 1 amide bonds. The molecular formula is C17H19NO2. The van der Waals surface area contributed by atoms with Crippen LogP contribution in [-0.2, 0) is 4.79 Å². The average molecular weight is 269 g/mol. The summed E-state index contributed by atoms with van der Waals surface area (Å²) in [5.41, 5.74) is 1.83. The summed E-state index contributed by atoms with van der Waals surface area (Å²) in [5.74, 6) is 0.667. The number of rotatable bonds is 5. The molecule has 0 fully saturated rings. The molecule has 3 nitrogen and oxygen atoms in total. The van der Waals surface area contributed by atoms with E-state index in [0.717, 1.165) is 23.4 Å². The van der Waals surface area contributed by atoms with E-state index in [4.69, 9.17) is 4.74 Å². The first-order valence-electron chi connectivity index (χ1n) is 6.74. The third kappa shape index (κ3) is 3.38. The smallest absolute Gasteiger partial charge is 0.231 e. The van der Waals surface area contributed by atoms with Gasteiger partial charge < -0.3 is 10.1 Å². The van der Waals surface area contributed by atoms with Gasteiger partial charge in [-0.2, -0.15) is 0 Å². The van der Waals surface area contributed by atoms with Crippen molar-refractivity contribution in [1.29, 1.82) is 0 Å². The van der Waals surface area contributed by atoms with Gasteiger partial charge in [0.15, 0.2) is 0 Å². The van der Waals surface area contributed by atoms with Crippen molar-refractivity contribution in [3.05, 3.63) is 60.2 Å². The van der Waals surface area contributed by atoms with Crippen molar-refractivity contribution in [1.82, 2.24) is 0 Å². The second kappa shape index (κ2) is 6.75. The highest BCUT2D eigenvalue weighted by molar-refractivity contribution is 5.95. The summed E-state index contributed by atoms with van der Waals surface area (Å²) in [7, 11) is 1.62. The third-order valence-corrected chi connectivity index (χ3v) is 3.28. The molecule has 0 saturated heterocycles. The molecule has 0 aromatic heterocycles. The Kier molecular flexibility index (Phi) is 4.77. The molecule has 104 valence electrons. The number of ether oxygens (including phenoxy) is 1. The van der Waals surface area contributed by atoms with Crippen LogP contribution in [0.3, 0.4) is 0 Å². The summed E-state index contributed by atoms with van der Waals surface area (Å²) in [4.78, 5) is 12.4. The monoisotopic (exact) mass is 269 g/mol. The van der Waals surface area contributed by atoms with Crippen LogP contribution < -0.4 is 10.1 Å². The van der Waals surface area contributed by atoms with Gasteiger partial charge in [0.1, 0.15) is 5.75 Å². The van der Waals surface area contributed by atoms with Crippen molar-refractivity contribution in [3.8, 4) is 5.75 Å². The van der Waals surface area contributed by atoms with E-state index < -0.39 is 0 Å². The van der Waals surface area contributed by atoms with Crippen LogP contribution in [0.25, 0.3) is 0 Å². The maximum atomic E-state index is 12.4. The summed E-state index contributed by atoms with van der Waals surface area (Å²) < 4.78 is 5.10. The molecule has 0 aliphatic carbocycles. The molecule has 0 saturated carbocycles. The van der Waals surface area contributed by atoms with Crippen LogP contribution in [0.2, 0.25) is 0 Å². The van der Waals surface area contributed by atoms with Crippen molar-refractivity contribution in [3.63, 3.8) is 0 Å². The highest BCUT2D eigenvalue weighted by Crippen LogP contribution is 2.22. The van der Waals surface area contributed by atoms with E-state index in [9.17, 15) is 4.79 Å². The van der Waals surface area contributed by atoms with Crippen LogP contribution in [0, 0.1) is 0 Å². The summed E-state index contributed by atoms with van der Waals surface area (Å²) in [5, 5.41) is 2.95. The van der Waals surface area contributed by atoms with Crippen LogP contribution in [0.1, 0.15) is 24.8 Å². The lowest BCUT2D eigenvalue weighted by Crippen LogP contribution is -2.20. The lowest BCUT2D eigenvalue weighted by molar-refractivity contribution is -0.117. The van der Waals surface area contributed by atoms with Gasteiger partial charge in [-0.1, -0.05) is 37.3 Å². The van der Waals surface area contributed by atoms with Crippen LogP contribution >= 0.6 is 0 Å². The lowest BCUT2D eigenvalue weighted by atomic mass is 9.95. The SMILES string of the molecule is CC[C@H](C(=O)Nc1ccc(OC)cc1)c1ccccc1. The van der Waals surface area contributed by atoms with E-state index in [2.05, 4.69) is 5.32 Å². The minimum Gasteiger partial charge on any atom is -0.497 e. The second-order valence-corrected chi connectivity index (χ2v) is 4.59. The summed E-state index contributed by atoms with van der Waals surface area (Å²) in [6, 6.07) is 17.2. The van der Waals surface area contributed by atoms with E-state index in [0.29, 0.717) is 0 Å². The fraction of sp³-hybridized carbons (Fsp3) is 0.235. The maximum Gasteiger partial charge on any atom is 0.231 e. The Bertz CT molecular complexity index is 549. The van der Waals surface area contributed by atoms with Gasteiger partial charge in [-0.05, 0) is 36.2 Å². The number of methoxy groups -OCH3 is 1. The van der Waals surface area contributed by atoms with Gasteiger partial charge in [-0.15, -0.1) is 0 Å². The lowest BCUT2D eigenvalue weighted by Gasteiger charge is -2.15. The number of carbonyl (C=O) groups excluding carboxylic acids is 1. The Morgan fingerprint density at radius 2 is 1.75 bits per heavy atom. The number of benzene rings is 2. The number of hydrogen-bond acceptors (Lipinski definition) is 2. The molecule has 20 heavy (non-hydrogen) atoms. The Morgan fingerprint density at radius 1 is 1.10 bits per heavy atom. The first-order chi connectivity index (χ1) is 9.74. The molecule has 0 unspecified atom stereocenters. The highest BCUT2D eigenvalue weighted by atomic mass is 16.5. The Labute approximate surface area is 119 Å². The molecule has 0 heterocycles. The average Bonchev–Trinajstić information content (AvgIpc) is 2.50. The molecule has 0 aliphatic heterocycles. The Morgan fingerprint density at radius 3 is 2.30 bits per heavy atom. The van der Waals surface area contributed by atoms with Gasteiger partial charge in [0.05, 0.1) is 13.0 Å². The van der Waals surface area contributed by atoms with Crippen LogP contribution in [-0.4, -0.2) is 13.0 Å². The molecule has 2 aromatic rings. The fourth-order valence-electron chi connectivity index (χ4n) is 2.16. The first kappa shape index (κ1) is 14.1. The maximum absolute atomic E-state index is 12.4. The number of carbonyl (C=O) groups is 1. The molecule has 3 heteroatoms. The summed E-state index contributed by atoms with van der Waals surface area (Å²) >= 11 is 0. The summed E-state index contributed by atoms with van der Waals surface area (Å²) in [6.07, 6.45) is 0.770. The fourth-order valence-corrected chi connectivity index (χ4v) is 2.16. The van der Waals surface area contributed by atoms with E-state index in [1.165, 1.54) is 0 Å². The molecule has 2 aromatic carbocycles. The predicted octanol–water partition coefficient (Wildman–Crippen LogP) is 3.83. The van der Waals surface area contributed by atoms with Crippen molar-refractivity contribution in [2.45, 2.75) is 19.3 Å². The van der Waals surface area contributed by atoms with Crippen molar-refractivity contribution >= 4 is 11.6 Å². The van der Waals surface area contributed by atoms with E-state index in [1.807, 2.05) is 61.5 Å². The third-order valence-electron chi connectivity index (χ3n) is 3.28. The zero-order valence-corrected chi connectivity index (χ0v) is 11.8. The van der Waals surface area contributed by atoms with Gasteiger partial charge in [-0.3, -0.25) is 4.79 Å². The number of hydrogen-bond donors (Lipinski definition) is 1. The molecule has 0 spiro atoms. The van der Waals surface area contributed by atoms with Crippen LogP contribution in [0.4, 0.5) is 5.69 Å². The van der Waals surface area contributed by atoms with E-state index in [-0.39, 0.29) is 11.8 Å². The van der Waals surface area contributed by atoms with Crippen LogP contribution in [0.5, 0.6) is 5.75 Å². The zero-order chi connectivity index (χ0) is 14.4. The van der Waals surface area contributed by atoms with E-state index >= 15 is 0 Å². The van der Waals surface area contributed by atoms with Gasteiger partial charge in [0, 0.05) is 5.69 Å². The van der Waals surface area contributed by atoms with Crippen molar-refractivity contribution < 1.29 is 9.53 Å². The molecule has 2 rings (SSSR count). The molecule has 0 bridgehead atoms. The van der Waals surface area contributed by atoms with Crippen LogP contribution in [0.15, 0.2) is 54.6 Å². The minimum absolute atomic E-state index is 0.0175. The first-order valence-corrected chi connectivity index (χ1v) is 6.74. The summed E-state index contributed by atoms with van der Waals surface area (Å²) in [6.45, 7) is 2.02. The molecular weight excluding hydrogens is 250 g/mol. The number of amides is 1. The Balaban J connectivity index is 2.09. The largest absolute Gasteiger partial charge is 0.497 e. The normalized spacial score (nSPS) is 11.7. The van der Waals surface area contributed by atoms with Crippen molar-refractivity contribution in [2.75, 3.05) is 12.4 Å². The van der Waals surface area contributed by atoms with Gasteiger partial charge in [-0.25, -0.2) is 0 Å². The zero-order valence-electron chi connectivity index (χ0n) is 11.8. The van der Waals surface area contributed by atoms with Crippen molar-refractivity contribution in [2.24, 2.45) is 0 Å². The predicted molar refractivity (Wildman–Crippen MR) is 81.1 cm³/mol. The topological polar surface area (TPSA) is 38.3 Å². The molecule has 1 atom stereocenters.